The van der Waals surface area contributed by atoms with Gasteiger partial charge in [0.25, 0.3) is 0 Å². The van der Waals surface area contributed by atoms with Crippen molar-refractivity contribution in [3.05, 3.63) is 66.1 Å². The average Bonchev–Trinajstić information content (AvgIpc) is 3.22. The predicted molar refractivity (Wildman–Crippen MR) is 87.2 cm³/mol. The Labute approximate surface area is 134 Å². The molecule has 0 radical (unpaired) electrons. The quantitative estimate of drug-likeness (QED) is 0.803. The first-order chi connectivity index (χ1) is 11.3. The van der Waals surface area contributed by atoms with E-state index in [1.165, 1.54) is 5.56 Å². The number of hydrogen-bond donors (Lipinski definition) is 1. The van der Waals surface area contributed by atoms with E-state index in [-0.39, 0.29) is 0 Å². The summed E-state index contributed by atoms with van der Waals surface area (Å²) in [6, 6.07) is 15.6. The number of nitrogens with two attached hydrogens (primary N) is 1. The molecule has 1 aliphatic rings. The van der Waals surface area contributed by atoms with Crippen LogP contribution in [0, 0.1) is 0 Å². The maximum atomic E-state index is 5.44. The number of methoxy groups -OCH3 is 1. The summed E-state index contributed by atoms with van der Waals surface area (Å²) in [6.45, 7) is 1.15. The Morgan fingerprint density at radius 1 is 1.17 bits per heavy atom. The van der Waals surface area contributed by atoms with Gasteiger partial charge in [-0.2, -0.15) is 0 Å². The van der Waals surface area contributed by atoms with Crippen molar-refractivity contribution in [1.82, 2.24) is 4.98 Å². The molecular formula is C18H18N2O3. The van der Waals surface area contributed by atoms with E-state index in [0.29, 0.717) is 12.4 Å². The Bertz CT molecular complexity index is 747. The number of aromatic nitrogens is 1. The number of ether oxygens (including phenoxy) is 2. The van der Waals surface area contributed by atoms with Crippen molar-refractivity contribution in [2.45, 2.75) is 13.2 Å². The van der Waals surface area contributed by atoms with Crippen molar-refractivity contribution in [1.29, 1.82) is 0 Å². The molecule has 0 saturated carbocycles. The molecule has 1 aromatic heterocycles. The lowest BCUT2D eigenvalue weighted by atomic mass is 10.2. The Kier molecular flexibility index (Phi) is 4.59. The number of hydrogen-bond acceptors (Lipinski definition) is 5. The normalized spacial score (nSPS) is 11.4. The topological polar surface area (TPSA) is 70.5 Å². The zero-order chi connectivity index (χ0) is 16.1. The van der Waals surface area contributed by atoms with Crippen molar-refractivity contribution >= 4 is 0 Å². The summed E-state index contributed by atoms with van der Waals surface area (Å²) >= 11 is 0. The zero-order valence-electron chi connectivity index (χ0n) is 12.9. The third kappa shape index (κ3) is 3.70. The van der Waals surface area contributed by atoms with Gasteiger partial charge in [-0.3, -0.25) is 0 Å². The van der Waals surface area contributed by atoms with Crippen LogP contribution in [0.3, 0.4) is 0 Å². The monoisotopic (exact) mass is 310 g/mol. The van der Waals surface area contributed by atoms with Gasteiger partial charge in [-0.1, -0.05) is 12.1 Å². The molecule has 0 spiro atoms. The second-order valence-corrected chi connectivity index (χ2v) is 5.01. The Morgan fingerprint density at radius 2 is 2.00 bits per heavy atom. The predicted octanol–water partition coefficient (Wildman–Crippen LogP) is 3.39. The third-order valence-corrected chi connectivity index (χ3v) is 3.40. The van der Waals surface area contributed by atoms with E-state index in [4.69, 9.17) is 19.6 Å². The highest BCUT2D eigenvalue weighted by Gasteiger charge is 2.05. The molecule has 0 unspecified atom stereocenters. The number of fused-ring (bicyclic) bond motifs is 2. The van der Waals surface area contributed by atoms with Crippen LogP contribution in [0.25, 0.3) is 11.5 Å². The Morgan fingerprint density at radius 3 is 2.61 bits per heavy atom. The minimum atomic E-state index is 0.389. The molecule has 0 atom stereocenters. The summed E-state index contributed by atoms with van der Waals surface area (Å²) in [6.07, 6.45) is 1.57. The van der Waals surface area contributed by atoms with E-state index in [9.17, 15) is 0 Å². The van der Waals surface area contributed by atoms with E-state index in [0.717, 1.165) is 29.4 Å². The molecule has 2 aromatic carbocycles. The lowest BCUT2D eigenvalue weighted by molar-refractivity contribution is 0.328. The van der Waals surface area contributed by atoms with Gasteiger partial charge in [-0.25, -0.2) is 4.98 Å². The van der Waals surface area contributed by atoms with Crippen LogP contribution in [0.2, 0.25) is 0 Å². The molecule has 2 bridgehead atoms. The van der Waals surface area contributed by atoms with Gasteiger partial charge in [0.2, 0.25) is 5.89 Å². The van der Waals surface area contributed by atoms with Gasteiger partial charge in [0.15, 0.2) is 0 Å². The molecule has 118 valence electrons. The summed E-state index contributed by atoms with van der Waals surface area (Å²) in [5, 5.41) is 0. The summed E-state index contributed by atoms with van der Waals surface area (Å²) < 4.78 is 15.5. The second kappa shape index (κ2) is 6.98. The average molecular weight is 310 g/mol. The molecule has 1 aliphatic heterocycles. The minimum Gasteiger partial charge on any atom is -0.497 e. The fourth-order valence-electron chi connectivity index (χ4n) is 2.16. The van der Waals surface area contributed by atoms with Crippen LogP contribution in [0.5, 0.6) is 11.5 Å². The van der Waals surface area contributed by atoms with Crippen molar-refractivity contribution in [2.75, 3.05) is 7.11 Å². The molecule has 2 heterocycles. The highest BCUT2D eigenvalue weighted by Crippen LogP contribution is 2.22. The van der Waals surface area contributed by atoms with Crippen LogP contribution < -0.4 is 15.2 Å². The summed E-state index contributed by atoms with van der Waals surface area (Å²) in [7, 11) is 1.63. The van der Waals surface area contributed by atoms with E-state index in [2.05, 4.69) is 17.1 Å². The molecule has 23 heavy (non-hydrogen) atoms. The van der Waals surface area contributed by atoms with Crippen molar-refractivity contribution in [2.24, 2.45) is 5.73 Å². The molecular weight excluding hydrogens is 292 g/mol. The van der Waals surface area contributed by atoms with E-state index in [1.54, 1.807) is 13.4 Å². The number of nitrogens with zero attached hydrogens (tertiary/aromatic N) is 1. The fraction of sp³-hybridized carbons (Fsp3) is 0.167. The van der Waals surface area contributed by atoms with Crippen molar-refractivity contribution in [3.63, 3.8) is 0 Å². The summed E-state index contributed by atoms with van der Waals surface area (Å²) in [5.74, 6) is 2.39. The number of oxazole rings is 1. The van der Waals surface area contributed by atoms with E-state index < -0.39 is 0 Å². The Hall–Kier alpha value is -2.79. The van der Waals surface area contributed by atoms with Crippen LogP contribution in [0.15, 0.2) is 59.2 Å². The fourth-order valence-corrected chi connectivity index (χ4v) is 2.16. The van der Waals surface area contributed by atoms with Crippen LogP contribution in [-0.2, 0) is 13.2 Å². The third-order valence-electron chi connectivity index (χ3n) is 3.40. The maximum Gasteiger partial charge on any atom is 0.226 e. The maximum absolute atomic E-state index is 5.44. The van der Waals surface area contributed by atoms with Crippen LogP contribution >= 0.6 is 0 Å². The van der Waals surface area contributed by atoms with E-state index in [1.807, 2.05) is 36.4 Å². The van der Waals surface area contributed by atoms with Gasteiger partial charge in [0.1, 0.15) is 24.4 Å². The van der Waals surface area contributed by atoms with Gasteiger partial charge in [0, 0.05) is 12.1 Å². The molecule has 4 rings (SSSR count). The molecule has 3 aromatic rings. The first-order valence-corrected chi connectivity index (χ1v) is 7.29. The van der Waals surface area contributed by atoms with Crippen LogP contribution in [-0.4, -0.2) is 12.1 Å². The summed E-state index contributed by atoms with van der Waals surface area (Å²) in [5.41, 5.74) is 8.39. The zero-order valence-corrected chi connectivity index (χ0v) is 12.9. The second-order valence-electron chi connectivity index (χ2n) is 5.01. The SMILES string of the molecule is COc1ccc(-c2nc(CN)co2)cc1.c1cc2cc(c1)OC2. The molecule has 0 aliphatic carbocycles. The first-order valence-electron chi connectivity index (χ1n) is 7.29. The number of benzene rings is 2. The standard InChI is InChI=1S/C11H12N2O2.C7H6O/c1-14-10-4-2-8(3-5-10)11-13-9(6-12)7-15-11;1-2-6-4-7(3-1)8-5-6/h2-5,7H,6,12H2,1H3;1-4H,5H2. The molecule has 2 N–H and O–H groups in total. The molecule has 5 nitrogen and oxygen atoms in total. The lowest BCUT2D eigenvalue weighted by Gasteiger charge is -1.99. The van der Waals surface area contributed by atoms with Crippen LogP contribution in [0.4, 0.5) is 0 Å². The smallest absolute Gasteiger partial charge is 0.226 e. The van der Waals surface area contributed by atoms with Gasteiger partial charge < -0.3 is 19.6 Å². The summed E-state index contributed by atoms with van der Waals surface area (Å²) in [4.78, 5) is 4.22. The molecule has 0 amide bonds. The minimum absolute atomic E-state index is 0.389. The van der Waals surface area contributed by atoms with Gasteiger partial charge >= 0.3 is 0 Å². The lowest BCUT2D eigenvalue weighted by Crippen LogP contribution is -1.95. The van der Waals surface area contributed by atoms with E-state index >= 15 is 0 Å². The van der Waals surface area contributed by atoms with Crippen molar-refractivity contribution < 1.29 is 13.9 Å². The molecule has 0 fully saturated rings. The molecule has 0 saturated heterocycles. The van der Waals surface area contributed by atoms with Crippen molar-refractivity contribution in [3.8, 4) is 23.0 Å². The highest BCUT2D eigenvalue weighted by atomic mass is 16.5. The first kappa shape index (κ1) is 15.1. The van der Waals surface area contributed by atoms with Crippen LogP contribution in [0.1, 0.15) is 11.3 Å². The molecule has 5 heteroatoms. The van der Waals surface area contributed by atoms with Gasteiger partial charge in [-0.15, -0.1) is 0 Å². The Balaban J connectivity index is 0.000000162. The largest absolute Gasteiger partial charge is 0.497 e. The van der Waals surface area contributed by atoms with Gasteiger partial charge in [-0.05, 0) is 42.0 Å². The van der Waals surface area contributed by atoms with Gasteiger partial charge in [0.05, 0.1) is 12.8 Å². The highest BCUT2D eigenvalue weighted by molar-refractivity contribution is 5.54. The number of rotatable bonds is 3.